The van der Waals surface area contributed by atoms with Crippen LogP contribution in [0.3, 0.4) is 0 Å². The van der Waals surface area contributed by atoms with Crippen LogP contribution in [0.25, 0.3) is 0 Å². The van der Waals surface area contributed by atoms with E-state index in [9.17, 15) is 4.79 Å². The third-order valence-corrected chi connectivity index (χ3v) is 4.25. The summed E-state index contributed by atoms with van der Waals surface area (Å²) < 4.78 is 3.84. The summed E-state index contributed by atoms with van der Waals surface area (Å²) in [5.74, 6) is -0.0656. The minimum atomic E-state index is -0.0656. The van der Waals surface area contributed by atoms with Crippen molar-refractivity contribution in [1.82, 2.24) is 14.9 Å². The molecule has 2 rings (SSSR count). The molecule has 1 heterocycles. The van der Waals surface area contributed by atoms with E-state index in [0.717, 1.165) is 49.3 Å². The van der Waals surface area contributed by atoms with Crippen molar-refractivity contribution in [2.45, 2.75) is 57.5 Å². The van der Waals surface area contributed by atoms with Gasteiger partial charge in [-0.25, -0.2) is 0 Å². The van der Waals surface area contributed by atoms with Crippen LogP contribution in [0.2, 0.25) is 0 Å². The first-order chi connectivity index (χ1) is 8.72. The summed E-state index contributed by atoms with van der Waals surface area (Å²) in [6.45, 7) is 1.98. The number of rotatable bonds is 3. The second-order valence-electron chi connectivity index (χ2n) is 4.78. The molecule has 1 aliphatic carbocycles. The number of hydrogen-bond acceptors (Lipinski definition) is 5. The number of aryl methyl sites for hydroxylation is 1. The van der Waals surface area contributed by atoms with Crippen LogP contribution in [0.5, 0.6) is 0 Å². The average Bonchev–Trinajstić information content (AvgIpc) is 2.76. The number of aromatic nitrogens is 2. The molecule has 1 aliphatic rings. The van der Waals surface area contributed by atoms with E-state index in [0.29, 0.717) is 4.88 Å². The topological polar surface area (TPSA) is 80.9 Å². The predicted octanol–water partition coefficient (Wildman–Crippen LogP) is 1.49. The SMILES string of the molecule is CCc1nnsc1C(=O)NC1CCCCCC1N. The number of nitrogens with zero attached hydrogens (tertiary/aromatic N) is 2. The van der Waals surface area contributed by atoms with E-state index < -0.39 is 0 Å². The fourth-order valence-electron chi connectivity index (χ4n) is 2.36. The second-order valence-corrected chi connectivity index (χ2v) is 5.54. The number of nitrogens with one attached hydrogen (secondary N) is 1. The molecule has 0 aliphatic heterocycles. The van der Waals surface area contributed by atoms with E-state index in [2.05, 4.69) is 14.9 Å². The normalized spacial score (nSPS) is 24.6. The van der Waals surface area contributed by atoms with E-state index >= 15 is 0 Å². The molecule has 2 unspecified atom stereocenters. The van der Waals surface area contributed by atoms with Gasteiger partial charge in [0.1, 0.15) is 4.88 Å². The Balaban J connectivity index is 2.01. The number of carbonyl (C=O) groups excluding carboxylic acids is 1. The fourth-order valence-corrected chi connectivity index (χ4v) is 3.02. The molecule has 6 heteroatoms. The maximum Gasteiger partial charge on any atom is 0.265 e. The van der Waals surface area contributed by atoms with E-state index in [1.165, 1.54) is 6.42 Å². The minimum Gasteiger partial charge on any atom is -0.347 e. The Morgan fingerprint density at radius 2 is 2.22 bits per heavy atom. The largest absolute Gasteiger partial charge is 0.347 e. The lowest BCUT2D eigenvalue weighted by molar-refractivity contribution is 0.0932. The van der Waals surface area contributed by atoms with Crippen LogP contribution in [0.1, 0.15) is 54.4 Å². The molecule has 0 aromatic carbocycles. The van der Waals surface area contributed by atoms with Gasteiger partial charge in [0.2, 0.25) is 0 Å². The van der Waals surface area contributed by atoms with Crippen LogP contribution < -0.4 is 11.1 Å². The Morgan fingerprint density at radius 3 is 3.00 bits per heavy atom. The number of hydrogen-bond donors (Lipinski definition) is 2. The van der Waals surface area contributed by atoms with Gasteiger partial charge in [-0.3, -0.25) is 4.79 Å². The molecule has 5 nitrogen and oxygen atoms in total. The smallest absolute Gasteiger partial charge is 0.265 e. The summed E-state index contributed by atoms with van der Waals surface area (Å²) in [6, 6.07) is 0.161. The van der Waals surface area contributed by atoms with Gasteiger partial charge in [-0.15, -0.1) is 5.10 Å². The summed E-state index contributed by atoms with van der Waals surface area (Å²) in [7, 11) is 0. The highest BCUT2D eigenvalue weighted by atomic mass is 32.1. The van der Waals surface area contributed by atoms with Crippen molar-refractivity contribution >= 4 is 17.4 Å². The molecule has 3 N–H and O–H groups in total. The number of carbonyl (C=O) groups is 1. The van der Waals surface area contributed by atoms with Gasteiger partial charge in [0.15, 0.2) is 0 Å². The molecule has 1 fully saturated rings. The molecule has 1 saturated carbocycles. The molecule has 0 spiro atoms. The molecule has 1 amide bonds. The van der Waals surface area contributed by atoms with Gasteiger partial charge < -0.3 is 11.1 Å². The zero-order chi connectivity index (χ0) is 13.0. The Labute approximate surface area is 111 Å². The first-order valence-corrected chi connectivity index (χ1v) is 7.37. The van der Waals surface area contributed by atoms with E-state index in [1.807, 2.05) is 6.92 Å². The summed E-state index contributed by atoms with van der Waals surface area (Å²) in [6.07, 6.45) is 6.21. The van der Waals surface area contributed by atoms with Gasteiger partial charge in [-0.1, -0.05) is 30.7 Å². The van der Waals surface area contributed by atoms with E-state index in [-0.39, 0.29) is 18.0 Å². The maximum atomic E-state index is 12.2. The first kappa shape index (κ1) is 13.4. The number of amides is 1. The van der Waals surface area contributed by atoms with Gasteiger partial charge >= 0.3 is 0 Å². The molecule has 100 valence electrons. The Kier molecular flexibility index (Phi) is 4.66. The average molecular weight is 268 g/mol. The van der Waals surface area contributed by atoms with Crippen LogP contribution in [0.4, 0.5) is 0 Å². The zero-order valence-electron chi connectivity index (χ0n) is 10.7. The van der Waals surface area contributed by atoms with Crippen LogP contribution in [0, 0.1) is 0 Å². The minimum absolute atomic E-state index is 0.0656. The lowest BCUT2D eigenvalue weighted by atomic mass is 10.0. The lowest BCUT2D eigenvalue weighted by Crippen LogP contribution is -2.46. The fraction of sp³-hybridized carbons (Fsp3) is 0.750. The quantitative estimate of drug-likeness (QED) is 0.814. The molecule has 0 bridgehead atoms. The van der Waals surface area contributed by atoms with Gasteiger partial charge in [0.25, 0.3) is 5.91 Å². The van der Waals surface area contributed by atoms with Gasteiger partial charge in [-0.05, 0) is 30.8 Å². The van der Waals surface area contributed by atoms with Crippen molar-refractivity contribution in [1.29, 1.82) is 0 Å². The van der Waals surface area contributed by atoms with Crippen molar-refractivity contribution in [2.75, 3.05) is 0 Å². The molecule has 1 aromatic rings. The van der Waals surface area contributed by atoms with Crippen LogP contribution in [-0.4, -0.2) is 27.6 Å². The zero-order valence-corrected chi connectivity index (χ0v) is 11.5. The Bertz CT molecular complexity index is 407. The van der Waals surface area contributed by atoms with Crippen molar-refractivity contribution in [2.24, 2.45) is 5.73 Å². The molecular formula is C12H20N4OS. The van der Waals surface area contributed by atoms with Crippen LogP contribution in [0.15, 0.2) is 0 Å². The molecule has 0 radical (unpaired) electrons. The first-order valence-electron chi connectivity index (χ1n) is 6.60. The van der Waals surface area contributed by atoms with Crippen molar-refractivity contribution in [3.63, 3.8) is 0 Å². The molecule has 1 aromatic heterocycles. The van der Waals surface area contributed by atoms with Gasteiger partial charge in [0, 0.05) is 12.1 Å². The summed E-state index contributed by atoms with van der Waals surface area (Å²) in [5, 5.41) is 7.02. The van der Waals surface area contributed by atoms with Crippen LogP contribution in [-0.2, 0) is 6.42 Å². The van der Waals surface area contributed by atoms with E-state index in [4.69, 9.17) is 5.73 Å². The summed E-state index contributed by atoms with van der Waals surface area (Å²) in [5.41, 5.74) is 6.89. The Morgan fingerprint density at radius 1 is 1.44 bits per heavy atom. The third-order valence-electron chi connectivity index (χ3n) is 3.48. The summed E-state index contributed by atoms with van der Waals surface area (Å²) in [4.78, 5) is 12.8. The highest BCUT2D eigenvalue weighted by molar-refractivity contribution is 7.08. The highest BCUT2D eigenvalue weighted by Crippen LogP contribution is 2.18. The molecule has 0 saturated heterocycles. The van der Waals surface area contributed by atoms with Gasteiger partial charge in [0.05, 0.1) is 5.69 Å². The second kappa shape index (κ2) is 6.24. The molecule has 2 atom stereocenters. The summed E-state index contributed by atoms with van der Waals surface area (Å²) >= 11 is 1.16. The lowest BCUT2D eigenvalue weighted by Gasteiger charge is -2.22. The van der Waals surface area contributed by atoms with Crippen molar-refractivity contribution < 1.29 is 4.79 Å². The standard InChI is InChI=1S/C12H20N4OS/c1-2-9-11(18-16-15-9)12(17)14-10-7-5-3-4-6-8(10)13/h8,10H,2-7,13H2,1H3,(H,14,17). The molecular weight excluding hydrogens is 248 g/mol. The predicted molar refractivity (Wildman–Crippen MR) is 71.6 cm³/mol. The van der Waals surface area contributed by atoms with Gasteiger partial charge in [-0.2, -0.15) is 0 Å². The molecule has 18 heavy (non-hydrogen) atoms. The van der Waals surface area contributed by atoms with E-state index in [1.54, 1.807) is 0 Å². The Hall–Kier alpha value is -1.01. The maximum absolute atomic E-state index is 12.2. The third kappa shape index (κ3) is 3.05. The van der Waals surface area contributed by atoms with Crippen molar-refractivity contribution in [3.8, 4) is 0 Å². The van der Waals surface area contributed by atoms with Crippen LogP contribution >= 0.6 is 11.5 Å². The van der Waals surface area contributed by atoms with Crippen molar-refractivity contribution in [3.05, 3.63) is 10.6 Å². The highest BCUT2D eigenvalue weighted by Gasteiger charge is 2.24. The monoisotopic (exact) mass is 268 g/mol. The number of nitrogens with two attached hydrogens (primary N) is 1.